The number of aliphatic hydroxyl groups excluding tert-OH is 1. The highest BCUT2D eigenvalue weighted by molar-refractivity contribution is 6.42. The molecule has 0 bridgehead atoms. The van der Waals surface area contributed by atoms with Crippen LogP contribution in [0.4, 0.5) is 0 Å². The van der Waals surface area contributed by atoms with E-state index in [1.54, 1.807) is 0 Å². The van der Waals surface area contributed by atoms with Crippen molar-refractivity contribution in [1.82, 2.24) is 0 Å². The molecule has 2 unspecified atom stereocenters. The zero-order chi connectivity index (χ0) is 24.7. The molecule has 0 saturated heterocycles. The van der Waals surface area contributed by atoms with Crippen LogP contribution >= 0.6 is 23.2 Å². The number of aryl methyl sites for hydroxylation is 1. The molecule has 0 heterocycles. The summed E-state index contributed by atoms with van der Waals surface area (Å²) < 4.78 is 0. The molecule has 0 saturated carbocycles. The van der Waals surface area contributed by atoms with Gasteiger partial charge in [0.1, 0.15) is 0 Å². The van der Waals surface area contributed by atoms with Crippen LogP contribution in [0.2, 0.25) is 10.0 Å². The molecule has 4 aromatic rings. The first-order valence-electron chi connectivity index (χ1n) is 12.9. The zero-order valence-electron chi connectivity index (χ0n) is 20.3. The summed E-state index contributed by atoms with van der Waals surface area (Å²) in [7, 11) is 0. The lowest BCUT2D eigenvalue weighted by molar-refractivity contribution is 0.250. The lowest BCUT2D eigenvalue weighted by Crippen LogP contribution is -2.37. The summed E-state index contributed by atoms with van der Waals surface area (Å²) in [5.41, 5.74) is 10.5. The molecule has 0 aliphatic heterocycles. The average Bonchev–Trinajstić information content (AvgIpc) is 2.90. The van der Waals surface area contributed by atoms with Gasteiger partial charge in [-0.05, 0) is 101 Å². The van der Waals surface area contributed by atoms with Crippen molar-refractivity contribution in [2.24, 2.45) is 5.92 Å². The molecule has 1 nitrogen and oxygen atoms in total. The van der Waals surface area contributed by atoms with Crippen LogP contribution in [0.3, 0.4) is 0 Å². The fraction of sp³-hybridized carbons (Fsp3) is 0.273. The maximum Gasteiger partial charge on any atom is 0.0595 e. The maximum absolute atomic E-state index is 10.4. The van der Waals surface area contributed by atoms with E-state index in [0.717, 1.165) is 31.2 Å². The van der Waals surface area contributed by atoms with Crippen molar-refractivity contribution in [2.45, 2.75) is 43.9 Å². The Morgan fingerprint density at radius 1 is 0.806 bits per heavy atom. The Hall–Kier alpha value is -2.58. The van der Waals surface area contributed by atoms with Gasteiger partial charge in [0.2, 0.25) is 0 Å². The van der Waals surface area contributed by atoms with E-state index in [4.69, 9.17) is 23.2 Å². The second kappa shape index (κ2) is 9.71. The van der Waals surface area contributed by atoms with Crippen LogP contribution in [-0.2, 0) is 31.1 Å². The van der Waals surface area contributed by atoms with E-state index >= 15 is 0 Å². The van der Waals surface area contributed by atoms with Gasteiger partial charge in [-0.1, -0.05) is 96.0 Å². The van der Waals surface area contributed by atoms with Crippen molar-refractivity contribution in [2.75, 3.05) is 6.61 Å². The minimum Gasteiger partial charge on any atom is -0.396 e. The molecular weight excluding hydrogens is 483 g/mol. The highest BCUT2D eigenvalue weighted by atomic mass is 35.5. The predicted octanol–water partition coefficient (Wildman–Crippen LogP) is 8.23. The highest BCUT2D eigenvalue weighted by Crippen LogP contribution is 2.52. The van der Waals surface area contributed by atoms with Crippen LogP contribution in [0.25, 0.3) is 11.1 Å². The lowest BCUT2D eigenvalue weighted by atomic mass is 9.59. The molecule has 2 atom stereocenters. The van der Waals surface area contributed by atoms with Crippen molar-refractivity contribution >= 4 is 23.2 Å². The van der Waals surface area contributed by atoms with E-state index in [1.165, 1.54) is 45.4 Å². The van der Waals surface area contributed by atoms with Crippen LogP contribution in [0, 0.1) is 5.92 Å². The standard InChI is InChI=1S/C33H30Cl2O/c34-30-15-13-26(20-31(30)35)33(16-17-36)21-25-8-4-5-9-27(25)28-14-12-24-11-10-23(19-29(24)32(28)33)18-22-6-2-1-3-7-22/h1-9,12-15,20,23,36H,10-11,16-19,21H2. The summed E-state index contributed by atoms with van der Waals surface area (Å²) in [6.07, 6.45) is 5.94. The second-order valence-electron chi connectivity index (χ2n) is 10.4. The SMILES string of the molecule is OCCC1(c2ccc(Cl)c(Cl)c2)Cc2ccccc2-c2ccc3c(c21)CC(Cc1ccccc1)CC3. The lowest BCUT2D eigenvalue weighted by Gasteiger charge is -2.44. The molecule has 0 radical (unpaired) electrons. The van der Waals surface area contributed by atoms with Crippen LogP contribution in [0.1, 0.15) is 46.2 Å². The predicted molar refractivity (Wildman–Crippen MR) is 150 cm³/mol. The molecule has 0 fully saturated rings. The van der Waals surface area contributed by atoms with Crippen LogP contribution in [-0.4, -0.2) is 11.7 Å². The molecule has 0 spiro atoms. The van der Waals surface area contributed by atoms with Crippen LogP contribution in [0.15, 0.2) is 84.9 Å². The Bertz CT molecular complexity index is 1410. The van der Waals surface area contributed by atoms with Crippen molar-refractivity contribution in [1.29, 1.82) is 0 Å². The quantitative estimate of drug-likeness (QED) is 0.285. The molecule has 2 aliphatic rings. The van der Waals surface area contributed by atoms with E-state index in [1.807, 2.05) is 12.1 Å². The summed E-state index contributed by atoms with van der Waals surface area (Å²) in [5, 5.41) is 11.6. The molecule has 0 aromatic heterocycles. The number of hydrogen-bond acceptors (Lipinski definition) is 1. The number of benzene rings is 4. The van der Waals surface area contributed by atoms with Gasteiger partial charge >= 0.3 is 0 Å². The van der Waals surface area contributed by atoms with Gasteiger partial charge in [0.25, 0.3) is 0 Å². The largest absolute Gasteiger partial charge is 0.396 e. The van der Waals surface area contributed by atoms with Gasteiger partial charge in [0, 0.05) is 12.0 Å². The van der Waals surface area contributed by atoms with E-state index in [2.05, 4.69) is 72.8 Å². The Morgan fingerprint density at radius 2 is 1.61 bits per heavy atom. The van der Waals surface area contributed by atoms with Crippen molar-refractivity contribution in [3.05, 3.63) is 128 Å². The van der Waals surface area contributed by atoms with Gasteiger partial charge in [-0.25, -0.2) is 0 Å². The highest BCUT2D eigenvalue weighted by Gasteiger charge is 2.43. The van der Waals surface area contributed by atoms with E-state index in [9.17, 15) is 5.11 Å². The molecule has 1 N–H and O–H groups in total. The van der Waals surface area contributed by atoms with Gasteiger partial charge < -0.3 is 5.11 Å². The number of halogens is 2. The fourth-order valence-corrected chi connectivity index (χ4v) is 7.04. The van der Waals surface area contributed by atoms with E-state index in [0.29, 0.717) is 22.4 Å². The Labute approximate surface area is 223 Å². The normalized spacial score (nSPS) is 20.4. The van der Waals surface area contributed by atoms with Gasteiger partial charge in [-0.15, -0.1) is 0 Å². The Balaban J connectivity index is 1.55. The molecule has 182 valence electrons. The smallest absolute Gasteiger partial charge is 0.0595 e. The van der Waals surface area contributed by atoms with Gasteiger partial charge in [-0.3, -0.25) is 0 Å². The number of fused-ring (bicyclic) bond motifs is 5. The topological polar surface area (TPSA) is 20.2 Å². The minimum atomic E-state index is -0.355. The fourth-order valence-electron chi connectivity index (χ4n) is 6.74. The summed E-state index contributed by atoms with van der Waals surface area (Å²) >= 11 is 12.9. The number of aliphatic hydroxyl groups is 1. The van der Waals surface area contributed by atoms with E-state index in [-0.39, 0.29) is 12.0 Å². The van der Waals surface area contributed by atoms with Crippen molar-refractivity contribution in [3.8, 4) is 11.1 Å². The monoisotopic (exact) mass is 512 g/mol. The van der Waals surface area contributed by atoms with Crippen LogP contribution in [0.5, 0.6) is 0 Å². The number of rotatable bonds is 5. The molecule has 0 amide bonds. The molecule has 36 heavy (non-hydrogen) atoms. The second-order valence-corrected chi connectivity index (χ2v) is 11.3. The van der Waals surface area contributed by atoms with E-state index < -0.39 is 0 Å². The van der Waals surface area contributed by atoms with Gasteiger partial charge in [0.05, 0.1) is 10.0 Å². The van der Waals surface area contributed by atoms with Crippen molar-refractivity contribution in [3.63, 3.8) is 0 Å². The molecule has 6 rings (SSSR count). The third-order valence-electron chi connectivity index (χ3n) is 8.38. The molecular formula is C33H30Cl2O. The Kier molecular flexibility index (Phi) is 6.42. The zero-order valence-corrected chi connectivity index (χ0v) is 21.8. The first-order chi connectivity index (χ1) is 17.6. The summed E-state index contributed by atoms with van der Waals surface area (Å²) in [6.45, 7) is 0.110. The number of hydrogen-bond donors (Lipinski definition) is 1. The average molecular weight is 514 g/mol. The third-order valence-corrected chi connectivity index (χ3v) is 9.12. The first-order valence-corrected chi connectivity index (χ1v) is 13.7. The summed E-state index contributed by atoms with van der Waals surface area (Å²) in [4.78, 5) is 0. The molecule has 3 heteroatoms. The molecule has 4 aromatic carbocycles. The minimum absolute atomic E-state index is 0.110. The van der Waals surface area contributed by atoms with Gasteiger partial charge in [0.15, 0.2) is 0 Å². The van der Waals surface area contributed by atoms with Gasteiger partial charge in [-0.2, -0.15) is 0 Å². The summed E-state index contributed by atoms with van der Waals surface area (Å²) in [6, 6.07) is 30.4. The summed E-state index contributed by atoms with van der Waals surface area (Å²) in [5.74, 6) is 0.601. The van der Waals surface area contributed by atoms with Crippen LogP contribution < -0.4 is 0 Å². The van der Waals surface area contributed by atoms with Crippen molar-refractivity contribution < 1.29 is 5.11 Å². The first kappa shape index (κ1) is 23.8. The Morgan fingerprint density at radius 3 is 2.42 bits per heavy atom. The maximum atomic E-state index is 10.4. The third kappa shape index (κ3) is 4.08. The molecule has 2 aliphatic carbocycles.